The normalized spacial score (nSPS) is 14.8. The van der Waals surface area contributed by atoms with E-state index in [0.29, 0.717) is 19.3 Å². The van der Waals surface area contributed by atoms with Crippen LogP contribution in [0.3, 0.4) is 0 Å². The van der Waals surface area contributed by atoms with Crippen LogP contribution in [-0.2, 0) is 55.8 Å². The number of rotatable bonds is 76. The van der Waals surface area contributed by atoms with Crippen molar-refractivity contribution in [2.24, 2.45) is 0 Å². The molecule has 600 valence electrons. The largest absolute Gasteiger partial charge is 0.472 e. The first-order chi connectivity index (χ1) is 51.2. The number of hydrogen-bond acceptors (Lipinski definition) is 14. The molecule has 105 heavy (non-hydrogen) atoms. The van der Waals surface area contributed by atoms with Gasteiger partial charge in [-0.05, 0) is 154 Å². The number of unbranched alkanes of at least 4 members (excludes halogenated alkanes) is 27. The third-order valence-corrected chi connectivity index (χ3v) is 18.6. The Morgan fingerprint density at radius 1 is 0.276 bits per heavy atom. The number of allylic oxidation sites excluding steroid dienone is 26. The predicted molar refractivity (Wildman–Crippen MR) is 435 cm³/mol. The molecule has 0 spiro atoms. The smallest absolute Gasteiger partial charge is 0.463 e. The van der Waals surface area contributed by atoms with Gasteiger partial charge in [0.25, 0.3) is 0 Å². The summed E-state index contributed by atoms with van der Waals surface area (Å²) in [4.78, 5) is 58.8. The summed E-state index contributed by atoms with van der Waals surface area (Å²) in [7, 11) is -9.82. The average Bonchev–Trinajstić information content (AvgIpc) is 0.963. The Balaban J connectivity index is 4.72. The molecule has 5 atom stereocenters. The Kier molecular flexibility index (Phi) is 75.1. The second-order valence-corrected chi connectivity index (χ2v) is 29.7. The monoisotopic (exact) mass is 1510 g/mol. The second kappa shape index (κ2) is 78.7. The van der Waals surface area contributed by atoms with Gasteiger partial charge < -0.3 is 34.2 Å². The highest BCUT2D eigenvalue weighted by molar-refractivity contribution is 7.47. The zero-order valence-electron chi connectivity index (χ0n) is 65.6. The van der Waals surface area contributed by atoms with Gasteiger partial charge in [0, 0.05) is 19.3 Å². The summed E-state index contributed by atoms with van der Waals surface area (Å²) in [6, 6.07) is 0. The van der Waals surface area contributed by atoms with Crippen molar-refractivity contribution < 1.29 is 75.8 Å². The minimum absolute atomic E-state index is 0.0759. The zero-order valence-corrected chi connectivity index (χ0v) is 67.4. The van der Waals surface area contributed by atoms with Crippen LogP contribution in [0.15, 0.2) is 158 Å². The number of phosphoric ester groups is 2. The summed E-state index contributed by atoms with van der Waals surface area (Å²) in [5.74, 6) is -1.62. The molecule has 0 aliphatic carbocycles. The third kappa shape index (κ3) is 80.0. The molecular weight excluding hydrogens is 1360 g/mol. The number of hydrogen-bond donors (Lipinski definition) is 4. The lowest BCUT2D eigenvalue weighted by molar-refractivity contribution is -0.161. The van der Waals surface area contributed by atoms with Crippen molar-refractivity contribution >= 4 is 33.6 Å². The van der Waals surface area contributed by atoms with Crippen molar-refractivity contribution in [2.75, 3.05) is 39.6 Å². The summed E-state index contributed by atoms with van der Waals surface area (Å²) in [5, 5.41) is 20.7. The van der Waals surface area contributed by atoms with Crippen molar-refractivity contribution in [1.29, 1.82) is 0 Å². The number of carbonyl (C=O) groups excluding carboxylic acids is 3. The highest BCUT2D eigenvalue weighted by atomic mass is 31.2. The molecule has 16 nitrogen and oxygen atoms in total. The van der Waals surface area contributed by atoms with E-state index in [0.717, 1.165) is 186 Å². The molecule has 18 heteroatoms. The molecule has 0 saturated carbocycles. The molecule has 0 saturated heterocycles. The number of carbonyl (C=O) groups is 3. The van der Waals surface area contributed by atoms with E-state index in [9.17, 15) is 43.5 Å². The first-order valence-corrected chi connectivity index (χ1v) is 43.8. The van der Waals surface area contributed by atoms with E-state index < -0.39 is 91.5 Å². The van der Waals surface area contributed by atoms with E-state index in [1.165, 1.54) is 70.6 Å². The number of esters is 3. The molecule has 0 aromatic carbocycles. The van der Waals surface area contributed by atoms with E-state index in [1.807, 2.05) is 0 Å². The molecule has 0 aromatic rings. The molecule has 0 aliphatic heterocycles. The average molecular weight is 1510 g/mol. The van der Waals surface area contributed by atoms with Gasteiger partial charge in [-0.15, -0.1) is 0 Å². The predicted octanol–water partition coefficient (Wildman–Crippen LogP) is 24.2. The van der Waals surface area contributed by atoms with Crippen LogP contribution in [0.25, 0.3) is 0 Å². The minimum Gasteiger partial charge on any atom is -0.463 e. The summed E-state index contributed by atoms with van der Waals surface area (Å²) >= 11 is 0. The van der Waals surface area contributed by atoms with Crippen LogP contribution in [0.4, 0.5) is 0 Å². The van der Waals surface area contributed by atoms with E-state index in [1.54, 1.807) is 0 Å². The third-order valence-electron chi connectivity index (χ3n) is 16.7. The van der Waals surface area contributed by atoms with Crippen LogP contribution in [0.1, 0.15) is 316 Å². The maximum absolute atomic E-state index is 13.0. The quantitative estimate of drug-likeness (QED) is 0.0146. The molecule has 0 radical (unpaired) electrons. The van der Waals surface area contributed by atoms with Gasteiger partial charge in [0.05, 0.1) is 26.4 Å². The molecule has 0 aromatic heterocycles. The van der Waals surface area contributed by atoms with Gasteiger partial charge in [-0.3, -0.25) is 32.5 Å². The Morgan fingerprint density at radius 2 is 0.505 bits per heavy atom. The van der Waals surface area contributed by atoms with Crippen LogP contribution in [0.2, 0.25) is 0 Å². The number of aliphatic hydroxyl groups is 2. The fourth-order valence-electron chi connectivity index (χ4n) is 10.5. The highest BCUT2D eigenvalue weighted by Gasteiger charge is 2.29. The van der Waals surface area contributed by atoms with Crippen molar-refractivity contribution in [3.05, 3.63) is 158 Å². The van der Waals surface area contributed by atoms with Gasteiger partial charge in [0.15, 0.2) is 6.10 Å². The van der Waals surface area contributed by atoms with Crippen molar-refractivity contribution in [1.82, 2.24) is 0 Å². The Labute approximate surface area is 638 Å². The van der Waals surface area contributed by atoms with Crippen molar-refractivity contribution in [2.45, 2.75) is 334 Å². The molecule has 0 bridgehead atoms. The van der Waals surface area contributed by atoms with Gasteiger partial charge in [0.2, 0.25) is 0 Å². The van der Waals surface area contributed by atoms with Gasteiger partial charge in [0.1, 0.15) is 25.4 Å². The fraction of sp³-hybridized carbons (Fsp3) is 0.667. The van der Waals surface area contributed by atoms with E-state index >= 15 is 0 Å². The zero-order chi connectivity index (χ0) is 76.6. The lowest BCUT2D eigenvalue weighted by Crippen LogP contribution is -2.30. The molecule has 0 fully saturated rings. The summed E-state index contributed by atoms with van der Waals surface area (Å²) in [6.45, 7) is 2.48. The van der Waals surface area contributed by atoms with Crippen LogP contribution >= 0.6 is 15.6 Å². The number of phosphoric acid groups is 2. The van der Waals surface area contributed by atoms with Gasteiger partial charge in [-0.2, -0.15) is 0 Å². The summed E-state index contributed by atoms with van der Waals surface area (Å²) in [5.41, 5.74) is 0. The summed E-state index contributed by atoms with van der Waals surface area (Å²) < 4.78 is 61.2. The SMILES string of the molecule is CC/C=C\C/C=C\C/C=C\C/C=C\C/C=C\CCCCCCCCCCCC(=O)OCC(O)COP(=O)(O)OCC(O)COP(=O)(O)OCC(COC(=O)CCCCCCCCC/C=C\C/C=C\C/C=C\C/C=C\CCCCC)OC(=O)CCCCCCC/C=C\C/C=C\C/C=C\C/C=C\CCCCC. The maximum atomic E-state index is 13.0. The maximum Gasteiger partial charge on any atom is 0.472 e. The van der Waals surface area contributed by atoms with E-state index in [2.05, 4.69) is 179 Å². The van der Waals surface area contributed by atoms with Gasteiger partial charge in [-0.1, -0.05) is 301 Å². The molecule has 0 rings (SSSR count). The van der Waals surface area contributed by atoms with E-state index in [4.69, 9.17) is 32.3 Å². The molecule has 4 N–H and O–H groups in total. The minimum atomic E-state index is -4.95. The van der Waals surface area contributed by atoms with Crippen LogP contribution in [0, 0.1) is 0 Å². The summed E-state index contributed by atoms with van der Waals surface area (Å²) in [6.07, 6.45) is 98.4. The number of aliphatic hydroxyl groups excluding tert-OH is 2. The Morgan fingerprint density at radius 3 is 0.800 bits per heavy atom. The molecule has 0 aliphatic rings. The fourth-order valence-corrected chi connectivity index (χ4v) is 12.1. The molecular formula is C87H146O16P2. The highest BCUT2D eigenvalue weighted by Crippen LogP contribution is 2.45. The second-order valence-electron chi connectivity index (χ2n) is 26.8. The lowest BCUT2D eigenvalue weighted by atomic mass is 10.1. The van der Waals surface area contributed by atoms with Crippen molar-refractivity contribution in [3.63, 3.8) is 0 Å². The molecule has 0 heterocycles. The van der Waals surface area contributed by atoms with Gasteiger partial charge in [-0.25, -0.2) is 9.13 Å². The topological polar surface area (TPSA) is 231 Å². The Hall–Kier alpha value is -4.83. The van der Waals surface area contributed by atoms with E-state index in [-0.39, 0.29) is 19.3 Å². The first-order valence-electron chi connectivity index (χ1n) is 40.8. The van der Waals surface area contributed by atoms with Crippen molar-refractivity contribution in [3.8, 4) is 0 Å². The molecule has 5 unspecified atom stereocenters. The molecule has 0 amide bonds. The van der Waals surface area contributed by atoms with Crippen LogP contribution in [-0.4, -0.2) is 95.9 Å². The van der Waals surface area contributed by atoms with Gasteiger partial charge >= 0.3 is 33.6 Å². The van der Waals surface area contributed by atoms with Crippen LogP contribution in [0.5, 0.6) is 0 Å². The standard InChI is InChI=1S/C87H146O16P2/c1-4-7-10-13-16-19-22-25-28-31-34-37-39-40-42-45-46-49-52-55-58-61-64-67-70-73-85(90)97-76-82(88)77-99-104(93,94)100-78-83(89)79-101-105(95,96)102-81-84(103-87(92)75-72-69-66-63-60-57-54-51-48-43-36-33-30-27-24-21-18-15-12-9-6-3)80-98-86(91)74-71-68-65-62-59-56-53-50-47-44-41-38-35-32-29-26-23-20-17-14-11-8-5-2/h7,10,16-21,25-30,34-38,40,42-44,47,51,54,82-84,88-89H,4-6,8-9,11-15,22-24,31-33,39,41,45-46,48-50,52-53,55-81H2,1-3H3,(H,93,94)(H,95,96)/b10-7-,19-16-,20-17-,21-18-,28-25-,29-26-,30-27-,37-34-,38-35-,42-40-,43-36-,47-44-,54-51-. The Bertz CT molecular complexity index is 2540. The first kappa shape index (κ1) is 100. The van der Waals surface area contributed by atoms with Crippen LogP contribution < -0.4 is 0 Å². The number of ether oxygens (including phenoxy) is 3. The lowest BCUT2D eigenvalue weighted by Gasteiger charge is -2.21.